The molecule has 2 N–H and O–H groups in total. The van der Waals surface area contributed by atoms with Crippen molar-refractivity contribution in [3.8, 4) is 0 Å². The zero-order valence-electron chi connectivity index (χ0n) is 10.1. The Morgan fingerprint density at radius 2 is 2.31 bits per heavy atom. The molecule has 1 aliphatic rings. The number of rotatable bonds is 6. The molecule has 2 rings (SSSR count). The fraction of sp³-hybridized carbons (Fsp3) is 0.750. The summed E-state index contributed by atoms with van der Waals surface area (Å²) in [6.45, 7) is 5.18. The Kier molecular flexibility index (Phi) is 3.61. The molecule has 0 bridgehead atoms. The van der Waals surface area contributed by atoms with Gasteiger partial charge in [0.1, 0.15) is 0 Å². The van der Waals surface area contributed by atoms with Crippen LogP contribution in [0.25, 0.3) is 0 Å². The number of aliphatic hydroxyl groups excluding tert-OH is 1. The Bertz CT molecular complexity index is 344. The average Bonchev–Trinajstić information content (AvgIpc) is 3.00. The molecule has 0 amide bonds. The van der Waals surface area contributed by atoms with Gasteiger partial charge in [-0.15, -0.1) is 0 Å². The molecule has 1 unspecified atom stereocenters. The molecule has 1 heterocycles. The predicted molar refractivity (Wildman–Crippen MR) is 63.3 cm³/mol. The largest absolute Gasteiger partial charge is 0.395 e. The van der Waals surface area contributed by atoms with Gasteiger partial charge < -0.3 is 10.4 Å². The first-order valence-electron chi connectivity index (χ1n) is 6.07. The maximum absolute atomic E-state index is 9.26. The third kappa shape index (κ3) is 3.06. The average molecular weight is 223 g/mol. The van der Waals surface area contributed by atoms with Crippen molar-refractivity contribution in [2.75, 3.05) is 6.61 Å². The number of aryl methyl sites for hydroxylation is 3. The quantitative estimate of drug-likeness (QED) is 0.756. The highest BCUT2D eigenvalue weighted by molar-refractivity contribution is 5.06. The Morgan fingerprint density at radius 1 is 1.56 bits per heavy atom. The van der Waals surface area contributed by atoms with E-state index in [1.54, 1.807) is 0 Å². The van der Waals surface area contributed by atoms with Crippen molar-refractivity contribution in [1.29, 1.82) is 0 Å². The fourth-order valence-corrected chi connectivity index (χ4v) is 1.99. The van der Waals surface area contributed by atoms with Gasteiger partial charge in [-0.2, -0.15) is 5.10 Å². The minimum Gasteiger partial charge on any atom is -0.395 e. The van der Waals surface area contributed by atoms with Crippen molar-refractivity contribution in [2.24, 2.45) is 0 Å². The maximum atomic E-state index is 9.26. The van der Waals surface area contributed by atoms with Gasteiger partial charge in [0.15, 0.2) is 0 Å². The lowest BCUT2D eigenvalue weighted by Gasteiger charge is -2.16. The van der Waals surface area contributed by atoms with Crippen molar-refractivity contribution in [3.05, 3.63) is 17.5 Å². The second kappa shape index (κ2) is 4.97. The summed E-state index contributed by atoms with van der Waals surface area (Å²) < 4.78 is 2.02. The summed E-state index contributed by atoms with van der Waals surface area (Å²) in [5, 5.41) is 17.1. The summed E-state index contributed by atoms with van der Waals surface area (Å²) in [5.41, 5.74) is 2.26. The first-order valence-corrected chi connectivity index (χ1v) is 6.07. The summed E-state index contributed by atoms with van der Waals surface area (Å²) >= 11 is 0. The van der Waals surface area contributed by atoms with Crippen LogP contribution in [0.5, 0.6) is 0 Å². The molecule has 0 saturated heterocycles. The van der Waals surface area contributed by atoms with Gasteiger partial charge in [-0.25, -0.2) is 0 Å². The molecule has 0 spiro atoms. The van der Waals surface area contributed by atoms with Crippen LogP contribution >= 0.6 is 0 Å². The Morgan fingerprint density at radius 3 is 2.81 bits per heavy atom. The van der Waals surface area contributed by atoms with E-state index in [2.05, 4.69) is 23.4 Å². The predicted octanol–water partition coefficient (Wildman–Crippen LogP) is 1.00. The summed E-state index contributed by atoms with van der Waals surface area (Å²) in [6.07, 6.45) is 3.46. The van der Waals surface area contributed by atoms with E-state index in [-0.39, 0.29) is 12.6 Å². The maximum Gasteiger partial charge on any atom is 0.0596 e. The molecule has 1 aliphatic carbocycles. The number of nitrogens with one attached hydrogen (secondary N) is 1. The lowest BCUT2D eigenvalue weighted by Crippen LogP contribution is -2.35. The summed E-state index contributed by atoms with van der Waals surface area (Å²) in [7, 11) is 0. The van der Waals surface area contributed by atoms with Gasteiger partial charge in [0.2, 0.25) is 0 Å². The Balaban J connectivity index is 1.82. The standard InChI is InChI=1S/C12H21N3O/c1-9-7-10(2)15(14-9)6-5-12(8-16)13-11-3-4-11/h7,11-13,16H,3-6,8H2,1-2H3. The van der Waals surface area contributed by atoms with Crippen LogP contribution in [0.3, 0.4) is 0 Å². The summed E-state index contributed by atoms with van der Waals surface area (Å²) in [5.74, 6) is 0. The van der Waals surface area contributed by atoms with Gasteiger partial charge in [0.05, 0.1) is 12.3 Å². The normalized spacial score (nSPS) is 17.7. The first kappa shape index (κ1) is 11.6. The minimum absolute atomic E-state index is 0.218. The van der Waals surface area contributed by atoms with Crippen molar-refractivity contribution in [2.45, 2.75) is 51.7 Å². The monoisotopic (exact) mass is 223 g/mol. The van der Waals surface area contributed by atoms with Crippen LogP contribution in [0.2, 0.25) is 0 Å². The third-order valence-electron chi connectivity index (χ3n) is 3.06. The fourth-order valence-electron chi connectivity index (χ4n) is 1.99. The van der Waals surface area contributed by atoms with Crippen molar-refractivity contribution in [1.82, 2.24) is 15.1 Å². The number of hydrogen-bond donors (Lipinski definition) is 2. The van der Waals surface area contributed by atoms with E-state index >= 15 is 0 Å². The van der Waals surface area contributed by atoms with Crippen LogP contribution in [0.1, 0.15) is 30.7 Å². The molecule has 4 heteroatoms. The van der Waals surface area contributed by atoms with Crippen LogP contribution in [0.4, 0.5) is 0 Å². The molecular formula is C12H21N3O. The molecule has 4 nitrogen and oxygen atoms in total. The molecule has 0 aliphatic heterocycles. The lowest BCUT2D eigenvalue weighted by atomic mass is 10.2. The SMILES string of the molecule is Cc1cc(C)n(CCC(CO)NC2CC2)n1. The smallest absolute Gasteiger partial charge is 0.0596 e. The first-order chi connectivity index (χ1) is 7.69. The van der Waals surface area contributed by atoms with Crippen LogP contribution in [-0.4, -0.2) is 33.6 Å². The van der Waals surface area contributed by atoms with Crippen LogP contribution < -0.4 is 5.32 Å². The number of nitrogens with zero attached hydrogens (tertiary/aromatic N) is 2. The molecule has 0 aromatic carbocycles. The van der Waals surface area contributed by atoms with Crippen LogP contribution in [0.15, 0.2) is 6.07 Å². The third-order valence-corrected chi connectivity index (χ3v) is 3.06. The lowest BCUT2D eigenvalue weighted by molar-refractivity contribution is 0.228. The topological polar surface area (TPSA) is 50.1 Å². The molecular weight excluding hydrogens is 202 g/mol. The van der Waals surface area contributed by atoms with Crippen LogP contribution in [0, 0.1) is 13.8 Å². The van der Waals surface area contributed by atoms with E-state index in [9.17, 15) is 5.11 Å². The number of aliphatic hydroxyl groups is 1. The molecule has 1 fully saturated rings. The van der Waals surface area contributed by atoms with E-state index < -0.39 is 0 Å². The van der Waals surface area contributed by atoms with Gasteiger partial charge in [0.25, 0.3) is 0 Å². The van der Waals surface area contributed by atoms with Gasteiger partial charge >= 0.3 is 0 Å². The van der Waals surface area contributed by atoms with E-state index in [1.165, 1.54) is 18.5 Å². The molecule has 16 heavy (non-hydrogen) atoms. The zero-order valence-corrected chi connectivity index (χ0v) is 10.1. The van der Waals surface area contributed by atoms with Crippen molar-refractivity contribution >= 4 is 0 Å². The number of aromatic nitrogens is 2. The molecule has 1 atom stereocenters. The van der Waals surface area contributed by atoms with Crippen molar-refractivity contribution < 1.29 is 5.11 Å². The highest BCUT2D eigenvalue weighted by Gasteiger charge is 2.24. The molecule has 1 saturated carbocycles. The van der Waals surface area contributed by atoms with Gasteiger partial charge in [0, 0.05) is 24.3 Å². The summed E-state index contributed by atoms with van der Waals surface area (Å²) in [6, 6.07) is 2.96. The second-order valence-corrected chi connectivity index (χ2v) is 4.76. The van der Waals surface area contributed by atoms with Gasteiger partial charge in [-0.3, -0.25) is 4.68 Å². The Labute approximate surface area is 96.7 Å². The Hall–Kier alpha value is -0.870. The van der Waals surface area contributed by atoms with Gasteiger partial charge in [-0.05, 0) is 39.2 Å². The minimum atomic E-state index is 0.218. The van der Waals surface area contributed by atoms with Gasteiger partial charge in [-0.1, -0.05) is 0 Å². The van der Waals surface area contributed by atoms with Crippen molar-refractivity contribution in [3.63, 3.8) is 0 Å². The summed E-state index contributed by atoms with van der Waals surface area (Å²) in [4.78, 5) is 0. The van der Waals surface area contributed by atoms with E-state index in [4.69, 9.17) is 0 Å². The van der Waals surface area contributed by atoms with E-state index in [0.717, 1.165) is 18.7 Å². The molecule has 1 aromatic heterocycles. The molecule has 90 valence electrons. The second-order valence-electron chi connectivity index (χ2n) is 4.76. The zero-order chi connectivity index (χ0) is 11.5. The number of hydrogen-bond acceptors (Lipinski definition) is 3. The molecule has 0 radical (unpaired) electrons. The highest BCUT2D eigenvalue weighted by Crippen LogP contribution is 2.20. The van der Waals surface area contributed by atoms with E-state index in [1.807, 2.05) is 11.6 Å². The molecule has 1 aromatic rings. The van der Waals surface area contributed by atoms with Crippen LogP contribution in [-0.2, 0) is 6.54 Å². The highest BCUT2D eigenvalue weighted by atomic mass is 16.3. The van der Waals surface area contributed by atoms with E-state index in [0.29, 0.717) is 6.04 Å².